The smallest absolute Gasteiger partial charge is 0.255 e. The van der Waals surface area contributed by atoms with Gasteiger partial charge in [-0.1, -0.05) is 0 Å². The molecule has 0 aromatic rings. The number of carbonyl (C=O) groups is 1. The van der Waals surface area contributed by atoms with E-state index in [-0.39, 0.29) is 0 Å². The number of methoxy groups -OCH3 is 1. The second kappa shape index (κ2) is 5.24. The fraction of sp³-hybridized carbons (Fsp3) is 0.941. The summed E-state index contributed by atoms with van der Waals surface area (Å²) in [5.41, 5.74) is -0.549. The molecule has 5 rings (SSSR count). The highest BCUT2D eigenvalue weighted by Gasteiger charge is 2.49. The Balaban J connectivity index is 1.58. The monoisotopic (exact) mass is 292 g/mol. The summed E-state index contributed by atoms with van der Waals surface area (Å²) < 4.78 is 5.79. The molecule has 118 valence electrons. The maximum atomic E-state index is 13.3. The summed E-state index contributed by atoms with van der Waals surface area (Å²) in [6.07, 6.45) is 8.28. The van der Waals surface area contributed by atoms with Crippen LogP contribution in [0.1, 0.15) is 44.9 Å². The predicted octanol–water partition coefficient (Wildman–Crippen LogP) is 1.79. The van der Waals surface area contributed by atoms with Gasteiger partial charge in [0.25, 0.3) is 5.91 Å². The minimum atomic E-state index is -0.549. The average molecular weight is 292 g/mol. The number of fused-ring (bicyclic) bond motifs is 1. The van der Waals surface area contributed by atoms with E-state index in [1.54, 1.807) is 7.11 Å². The molecule has 1 N–H and O–H groups in total. The molecule has 3 saturated heterocycles. The Hall–Kier alpha value is -0.610. The van der Waals surface area contributed by atoms with Crippen molar-refractivity contribution in [2.24, 2.45) is 17.8 Å². The number of hydrogen-bond acceptors (Lipinski definition) is 3. The minimum Gasteiger partial charge on any atom is -0.368 e. The summed E-state index contributed by atoms with van der Waals surface area (Å²) in [5, 5.41) is 3.35. The fourth-order valence-corrected chi connectivity index (χ4v) is 5.63. The topological polar surface area (TPSA) is 41.6 Å². The first kappa shape index (κ1) is 14.0. The van der Waals surface area contributed by atoms with E-state index < -0.39 is 5.60 Å². The molecule has 1 amide bonds. The maximum Gasteiger partial charge on any atom is 0.255 e. The van der Waals surface area contributed by atoms with Crippen LogP contribution in [0.15, 0.2) is 0 Å². The van der Waals surface area contributed by atoms with Gasteiger partial charge in [0.2, 0.25) is 0 Å². The molecule has 0 aromatic carbocycles. The van der Waals surface area contributed by atoms with Crippen molar-refractivity contribution in [2.45, 2.75) is 56.6 Å². The average Bonchev–Trinajstić information content (AvgIpc) is 2.71. The lowest BCUT2D eigenvalue weighted by molar-refractivity contribution is -0.161. The van der Waals surface area contributed by atoms with Crippen LogP contribution < -0.4 is 5.32 Å². The van der Waals surface area contributed by atoms with Crippen molar-refractivity contribution in [3.63, 3.8) is 0 Å². The summed E-state index contributed by atoms with van der Waals surface area (Å²) in [6, 6.07) is 0.496. The lowest BCUT2D eigenvalue weighted by atomic mass is 9.68. The van der Waals surface area contributed by atoms with Crippen LogP contribution in [0.2, 0.25) is 0 Å². The van der Waals surface area contributed by atoms with Crippen LogP contribution in [0.5, 0.6) is 0 Å². The van der Waals surface area contributed by atoms with Crippen LogP contribution in [-0.4, -0.2) is 49.2 Å². The van der Waals surface area contributed by atoms with E-state index in [1.165, 1.54) is 32.1 Å². The normalized spacial score (nSPS) is 41.1. The van der Waals surface area contributed by atoms with Crippen molar-refractivity contribution in [2.75, 3.05) is 26.7 Å². The SMILES string of the molecule is COC1(C(=O)N2CC3CC4CC(C3)CC2C4)CCNCC1. The fourth-order valence-electron chi connectivity index (χ4n) is 5.63. The summed E-state index contributed by atoms with van der Waals surface area (Å²) in [4.78, 5) is 15.5. The summed E-state index contributed by atoms with van der Waals surface area (Å²) in [5.74, 6) is 2.82. The highest BCUT2D eigenvalue weighted by Crippen LogP contribution is 2.48. The number of nitrogens with zero attached hydrogens (tertiary/aromatic N) is 1. The summed E-state index contributed by atoms with van der Waals surface area (Å²) in [7, 11) is 1.73. The highest BCUT2D eigenvalue weighted by molar-refractivity contribution is 5.86. The van der Waals surface area contributed by atoms with Crippen molar-refractivity contribution in [3.05, 3.63) is 0 Å². The maximum absolute atomic E-state index is 13.3. The van der Waals surface area contributed by atoms with Crippen LogP contribution in [0.3, 0.4) is 0 Å². The Morgan fingerprint density at radius 3 is 2.29 bits per heavy atom. The van der Waals surface area contributed by atoms with Gasteiger partial charge in [0.1, 0.15) is 5.60 Å². The third kappa shape index (κ3) is 2.31. The number of piperidine rings is 1. The van der Waals surface area contributed by atoms with Crippen molar-refractivity contribution in [1.82, 2.24) is 10.2 Å². The summed E-state index contributed by atoms with van der Waals surface area (Å²) >= 11 is 0. The van der Waals surface area contributed by atoms with Gasteiger partial charge in [-0.05, 0) is 75.8 Å². The second-order valence-electron chi connectivity index (χ2n) is 7.84. The van der Waals surface area contributed by atoms with Crippen LogP contribution in [0.4, 0.5) is 0 Å². The van der Waals surface area contributed by atoms with Gasteiger partial charge in [0.05, 0.1) is 0 Å². The van der Waals surface area contributed by atoms with E-state index in [4.69, 9.17) is 4.74 Å². The molecule has 2 aliphatic carbocycles. The number of ether oxygens (including phenoxy) is 1. The van der Waals surface area contributed by atoms with E-state index in [9.17, 15) is 4.79 Å². The molecule has 4 heteroatoms. The van der Waals surface area contributed by atoms with Gasteiger partial charge in [0.15, 0.2) is 0 Å². The molecule has 5 fully saturated rings. The number of rotatable bonds is 2. The molecule has 2 atom stereocenters. The Labute approximate surface area is 127 Å². The molecule has 4 nitrogen and oxygen atoms in total. The van der Waals surface area contributed by atoms with E-state index in [0.29, 0.717) is 11.9 Å². The van der Waals surface area contributed by atoms with E-state index in [2.05, 4.69) is 10.2 Å². The molecular formula is C17H28N2O2. The molecule has 4 bridgehead atoms. The van der Waals surface area contributed by atoms with Gasteiger partial charge >= 0.3 is 0 Å². The first-order chi connectivity index (χ1) is 10.2. The predicted molar refractivity (Wildman–Crippen MR) is 80.9 cm³/mol. The van der Waals surface area contributed by atoms with E-state index >= 15 is 0 Å². The highest BCUT2D eigenvalue weighted by atomic mass is 16.5. The van der Waals surface area contributed by atoms with Crippen LogP contribution in [-0.2, 0) is 9.53 Å². The second-order valence-corrected chi connectivity index (χ2v) is 7.84. The Kier molecular flexibility index (Phi) is 3.49. The van der Waals surface area contributed by atoms with E-state index in [0.717, 1.165) is 50.2 Å². The van der Waals surface area contributed by atoms with Crippen molar-refractivity contribution >= 4 is 5.91 Å². The van der Waals surface area contributed by atoms with Crippen molar-refractivity contribution in [1.29, 1.82) is 0 Å². The van der Waals surface area contributed by atoms with E-state index in [1.807, 2.05) is 0 Å². The molecule has 2 unspecified atom stereocenters. The molecule has 0 spiro atoms. The lowest BCUT2D eigenvalue weighted by Crippen LogP contribution is -2.58. The minimum absolute atomic E-state index is 0.296. The van der Waals surface area contributed by atoms with Crippen LogP contribution in [0, 0.1) is 17.8 Å². The molecule has 3 heterocycles. The van der Waals surface area contributed by atoms with Crippen LogP contribution >= 0.6 is 0 Å². The molecule has 0 aromatic heterocycles. The number of nitrogens with one attached hydrogen (secondary N) is 1. The zero-order valence-electron chi connectivity index (χ0n) is 13.1. The van der Waals surface area contributed by atoms with Gasteiger partial charge in [-0.25, -0.2) is 0 Å². The summed E-state index contributed by atoms with van der Waals surface area (Å²) in [6.45, 7) is 2.79. The molecule has 3 aliphatic heterocycles. The van der Waals surface area contributed by atoms with Gasteiger partial charge in [-0.3, -0.25) is 4.79 Å². The first-order valence-corrected chi connectivity index (χ1v) is 8.77. The molecule has 0 radical (unpaired) electrons. The third-order valence-corrected chi connectivity index (χ3v) is 6.56. The molecule has 21 heavy (non-hydrogen) atoms. The van der Waals surface area contributed by atoms with Gasteiger partial charge < -0.3 is 15.0 Å². The lowest BCUT2D eigenvalue weighted by Gasteiger charge is -2.43. The first-order valence-electron chi connectivity index (χ1n) is 8.77. The Morgan fingerprint density at radius 2 is 1.67 bits per heavy atom. The molecular weight excluding hydrogens is 264 g/mol. The van der Waals surface area contributed by atoms with Gasteiger partial charge in [-0.2, -0.15) is 0 Å². The van der Waals surface area contributed by atoms with Gasteiger partial charge in [-0.15, -0.1) is 0 Å². The number of hydrogen-bond donors (Lipinski definition) is 1. The Bertz CT molecular complexity index is 405. The number of amides is 1. The van der Waals surface area contributed by atoms with Gasteiger partial charge in [0, 0.05) is 19.7 Å². The van der Waals surface area contributed by atoms with Crippen molar-refractivity contribution < 1.29 is 9.53 Å². The zero-order chi connectivity index (χ0) is 14.4. The van der Waals surface area contributed by atoms with Crippen LogP contribution in [0.25, 0.3) is 0 Å². The molecule has 2 saturated carbocycles. The third-order valence-electron chi connectivity index (χ3n) is 6.56. The zero-order valence-corrected chi connectivity index (χ0v) is 13.1. The standard InChI is InChI=1S/C17H28N2O2/c1-21-17(2-4-18-5-3-17)16(20)19-11-14-7-12-6-13(8-14)10-15(19)9-12/h12-15,18H,2-11H2,1H3. The molecule has 5 aliphatic rings. The largest absolute Gasteiger partial charge is 0.368 e. The Morgan fingerprint density at radius 1 is 1.05 bits per heavy atom. The quantitative estimate of drug-likeness (QED) is 0.844. The number of carbonyl (C=O) groups excluding carboxylic acids is 1. The van der Waals surface area contributed by atoms with Crippen molar-refractivity contribution in [3.8, 4) is 0 Å².